The van der Waals surface area contributed by atoms with Crippen molar-refractivity contribution in [1.82, 2.24) is 20.3 Å². The molecular weight excluding hydrogens is 547 g/mol. The van der Waals surface area contributed by atoms with Crippen molar-refractivity contribution in [3.05, 3.63) is 131 Å². The van der Waals surface area contributed by atoms with Crippen molar-refractivity contribution in [3.63, 3.8) is 0 Å². The first kappa shape index (κ1) is 27.1. The van der Waals surface area contributed by atoms with Crippen molar-refractivity contribution >= 4 is 40.0 Å². The molecular formula is C29H23FN6O2S2. The number of carbonyl (C=O) groups is 1. The van der Waals surface area contributed by atoms with Gasteiger partial charge in [0, 0.05) is 24.9 Å². The third-order valence-corrected chi connectivity index (χ3v) is 8.05. The van der Waals surface area contributed by atoms with Gasteiger partial charge in [-0.1, -0.05) is 88.9 Å². The molecule has 5 aromatic rings. The number of halogens is 1. The van der Waals surface area contributed by atoms with Gasteiger partial charge in [-0.25, -0.2) is 19.3 Å². The lowest BCUT2D eigenvalue weighted by atomic mass is 9.88. The summed E-state index contributed by atoms with van der Waals surface area (Å²) in [7, 11) is 0. The van der Waals surface area contributed by atoms with Gasteiger partial charge in [-0.15, -0.1) is 0 Å². The molecule has 2 N–H and O–H groups in total. The largest absolute Gasteiger partial charge is 0.350 e. The molecule has 5 rings (SSSR count). The number of aromatic nitrogens is 3. The van der Waals surface area contributed by atoms with E-state index in [9.17, 15) is 9.70 Å². The van der Waals surface area contributed by atoms with E-state index in [0.29, 0.717) is 10.9 Å². The van der Waals surface area contributed by atoms with E-state index in [0.717, 1.165) is 32.7 Å². The topological polar surface area (TPSA) is 109 Å². The number of thiazole rings is 1. The summed E-state index contributed by atoms with van der Waals surface area (Å²) in [5.41, 5.74) is 2.28. The van der Waals surface area contributed by atoms with Gasteiger partial charge >= 0.3 is 0 Å². The fourth-order valence-electron chi connectivity index (χ4n) is 4.14. The Labute approximate surface area is 238 Å². The van der Waals surface area contributed by atoms with E-state index >= 15 is 4.39 Å². The Kier molecular flexibility index (Phi) is 8.84. The summed E-state index contributed by atoms with van der Waals surface area (Å²) < 4.78 is 16.2. The minimum absolute atomic E-state index is 0.0135. The van der Waals surface area contributed by atoms with Crippen LogP contribution in [0, 0.1) is 10.7 Å². The number of rotatable bonds is 11. The molecule has 0 aliphatic rings. The highest BCUT2D eigenvalue weighted by Crippen LogP contribution is 2.36. The summed E-state index contributed by atoms with van der Waals surface area (Å²) in [6.07, 6.45) is 4.72. The molecule has 11 heteroatoms. The van der Waals surface area contributed by atoms with E-state index in [-0.39, 0.29) is 29.6 Å². The Hall–Kier alpha value is -4.48. The summed E-state index contributed by atoms with van der Waals surface area (Å²) in [6.45, 7) is 0.189. The van der Waals surface area contributed by atoms with E-state index in [1.807, 2.05) is 72.8 Å². The van der Waals surface area contributed by atoms with Crippen molar-refractivity contribution in [2.45, 2.75) is 21.6 Å². The number of benzene rings is 2. The monoisotopic (exact) mass is 570 g/mol. The van der Waals surface area contributed by atoms with Gasteiger partial charge in [-0.05, 0) is 34.9 Å². The molecule has 0 bridgehead atoms. The van der Waals surface area contributed by atoms with Gasteiger partial charge in [0.15, 0.2) is 16.6 Å². The first-order valence-corrected chi connectivity index (χ1v) is 13.9. The van der Waals surface area contributed by atoms with Crippen LogP contribution in [0.1, 0.15) is 33.1 Å². The number of nitrogens with zero attached hydrogens (tertiary/aromatic N) is 4. The molecule has 1 unspecified atom stereocenters. The summed E-state index contributed by atoms with van der Waals surface area (Å²) in [5, 5.41) is 9.62. The Morgan fingerprint density at radius 2 is 1.75 bits per heavy atom. The van der Waals surface area contributed by atoms with E-state index in [2.05, 4.69) is 30.8 Å². The van der Waals surface area contributed by atoms with Gasteiger partial charge in [-0.2, -0.15) is 4.91 Å². The zero-order valence-corrected chi connectivity index (χ0v) is 22.7. The van der Waals surface area contributed by atoms with Gasteiger partial charge < -0.3 is 10.6 Å². The maximum absolute atomic E-state index is 15.5. The molecule has 1 amide bonds. The van der Waals surface area contributed by atoms with Crippen molar-refractivity contribution in [3.8, 4) is 0 Å². The number of hydrogen-bond donors (Lipinski definition) is 2. The van der Waals surface area contributed by atoms with Crippen LogP contribution in [0.3, 0.4) is 0 Å². The van der Waals surface area contributed by atoms with Crippen molar-refractivity contribution in [2.75, 3.05) is 11.9 Å². The van der Waals surface area contributed by atoms with Crippen LogP contribution in [-0.4, -0.2) is 27.4 Å². The molecule has 0 spiro atoms. The standard InChI is InChI=1S/C29H23FN6O2S2/c30-26-23(39-25-18-34-29(40-25)36-24-12-6-7-14-31-24)13-15-32-27(26)28(37)33-17-22(19-8-2-1-3-9-19)21-11-5-4-10-20(21)16-35-38/h1-15,18,22H,16-17H2,(H,33,37)(H,31,34,36). The molecule has 3 heterocycles. The Morgan fingerprint density at radius 1 is 0.950 bits per heavy atom. The van der Waals surface area contributed by atoms with E-state index in [1.165, 1.54) is 23.6 Å². The van der Waals surface area contributed by atoms with Gasteiger partial charge in [0.1, 0.15) is 12.4 Å². The van der Waals surface area contributed by atoms with E-state index < -0.39 is 11.7 Å². The second-order valence-corrected chi connectivity index (χ2v) is 10.9. The lowest BCUT2D eigenvalue weighted by Crippen LogP contribution is -2.30. The van der Waals surface area contributed by atoms with Gasteiger partial charge in [0.2, 0.25) is 0 Å². The number of nitrogens with one attached hydrogen (secondary N) is 2. The molecule has 200 valence electrons. The molecule has 8 nitrogen and oxygen atoms in total. The fourth-order valence-corrected chi connectivity index (χ4v) is 6.01. The lowest BCUT2D eigenvalue weighted by Gasteiger charge is -2.21. The smallest absolute Gasteiger partial charge is 0.273 e. The number of anilines is 2. The van der Waals surface area contributed by atoms with Gasteiger partial charge in [-0.3, -0.25) is 4.79 Å². The highest BCUT2D eigenvalue weighted by Gasteiger charge is 2.22. The molecule has 0 saturated heterocycles. The Morgan fingerprint density at radius 3 is 2.55 bits per heavy atom. The highest BCUT2D eigenvalue weighted by molar-refractivity contribution is 8.01. The van der Waals surface area contributed by atoms with Crippen LogP contribution in [0.25, 0.3) is 0 Å². The van der Waals surface area contributed by atoms with Gasteiger partial charge in [0.05, 0.1) is 15.3 Å². The predicted octanol–water partition coefficient (Wildman–Crippen LogP) is 6.80. The molecule has 0 fully saturated rings. The minimum Gasteiger partial charge on any atom is -0.350 e. The van der Waals surface area contributed by atoms with Crippen LogP contribution in [0.15, 0.2) is 112 Å². The average Bonchev–Trinajstić information content (AvgIpc) is 3.42. The number of pyridine rings is 2. The SMILES string of the molecule is O=NCc1ccccc1C(CNC(=O)c1nccc(Sc2cnc(Nc3ccccn3)s2)c1F)c1ccccc1. The maximum atomic E-state index is 15.5. The molecule has 2 aromatic carbocycles. The zero-order chi connectivity index (χ0) is 27.7. The predicted molar refractivity (Wildman–Crippen MR) is 155 cm³/mol. The fraction of sp³-hybridized carbons (Fsp3) is 0.103. The first-order valence-electron chi connectivity index (χ1n) is 12.3. The van der Waals surface area contributed by atoms with Crippen molar-refractivity contribution in [2.24, 2.45) is 5.18 Å². The van der Waals surface area contributed by atoms with Crippen LogP contribution in [0.4, 0.5) is 15.3 Å². The van der Waals surface area contributed by atoms with Crippen LogP contribution >= 0.6 is 23.1 Å². The van der Waals surface area contributed by atoms with E-state index in [1.54, 1.807) is 12.4 Å². The number of carbonyl (C=O) groups excluding carboxylic acids is 1. The third-order valence-electron chi connectivity index (χ3n) is 6.00. The Bertz CT molecular complexity index is 1600. The van der Waals surface area contributed by atoms with Crippen molar-refractivity contribution < 1.29 is 9.18 Å². The first-order chi connectivity index (χ1) is 19.6. The number of hydrogen-bond acceptors (Lipinski definition) is 9. The molecule has 3 aromatic heterocycles. The highest BCUT2D eigenvalue weighted by atomic mass is 32.2. The van der Waals surface area contributed by atoms with Crippen LogP contribution in [0.2, 0.25) is 0 Å². The quantitative estimate of drug-likeness (QED) is 0.168. The molecule has 0 aliphatic heterocycles. The number of amides is 1. The normalized spacial score (nSPS) is 11.5. The van der Waals surface area contributed by atoms with Crippen LogP contribution in [0.5, 0.6) is 0 Å². The summed E-state index contributed by atoms with van der Waals surface area (Å²) >= 11 is 2.51. The zero-order valence-electron chi connectivity index (χ0n) is 21.0. The Balaban J connectivity index is 1.32. The van der Waals surface area contributed by atoms with Crippen LogP contribution < -0.4 is 10.6 Å². The summed E-state index contributed by atoms with van der Waals surface area (Å²) in [4.78, 5) is 37.0. The summed E-state index contributed by atoms with van der Waals surface area (Å²) in [5.74, 6) is -0.958. The minimum atomic E-state index is -0.709. The van der Waals surface area contributed by atoms with Gasteiger partial charge in [0.25, 0.3) is 5.91 Å². The van der Waals surface area contributed by atoms with E-state index in [4.69, 9.17) is 0 Å². The molecule has 40 heavy (non-hydrogen) atoms. The molecule has 1 atom stereocenters. The molecule has 0 radical (unpaired) electrons. The molecule has 0 saturated carbocycles. The second-order valence-electron chi connectivity index (χ2n) is 8.56. The molecule has 0 aliphatic carbocycles. The summed E-state index contributed by atoms with van der Waals surface area (Å²) in [6, 6.07) is 24.1. The maximum Gasteiger partial charge on any atom is 0.273 e. The van der Waals surface area contributed by atoms with Crippen LogP contribution in [-0.2, 0) is 6.54 Å². The number of nitroso groups, excluding NO2 is 1. The third kappa shape index (κ3) is 6.56. The van der Waals surface area contributed by atoms with Crippen molar-refractivity contribution in [1.29, 1.82) is 0 Å². The lowest BCUT2D eigenvalue weighted by molar-refractivity contribution is 0.0942. The average molecular weight is 571 g/mol. The second kappa shape index (κ2) is 13.0.